The van der Waals surface area contributed by atoms with Gasteiger partial charge in [0.15, 0.2) is 0 Å². The fraction of sp³-hybridized carbons (Fsp3) is 0.714. The lowest BCUT2D eigenvalue weighted by Crippen LogP contribution is -2.43. The lowest BCUT2D eigenvalue weighted by Gasteiger charge is -2.33. The van der Waals surface area contributed by atoms with Crippen LogP contribution in [0, 0.1) is 0 Å². The van der Waals surface area contributed by atoms with E-state index in [2.05, 4.69) is 52.1 Å². The highest BCUT2D eigenvalue weighted by Gasteiger charge is 2.20. The minimum Gasteiger partial charge on any atom is -0.307 e. The number of halogens is 1. The van der Waals surface area contributed by atoms with E-state index in [1.54, 1.807) is 0 Å². The topological polar surface area (TPSA) is 15.3 Å². The molecular formula is C14H23BrN2S. The van der Waals surface area contributed by atoms with Crippen molar-refractivity contribution in [3.63, 3.8) is 0 Å². The predicted molar refractivity (Wildman–Crippen MR) is 83.3 cm³/mol. The third-order valence-corrected chi connectivity index (χ3v) is 5.44. The van der Waals surface area contributed by atoms with Gasteiger partial charge in [0.2, 0.25) is 0 Å². The molecule has 0 saturated carbocycles. The van der Waals surface area contributed by atoms with Gasteiger partial charge in [0, 0.05) is 17.0 Å². The van der Waals surface area contributed by atoms with Crippen LogP contribution in [0.4, 0.5) is 0 Å². The number of hydrogen-bond acceptors (Lipinski definition) is 3. The minimum atomic E-state index is 0.476. The summed E-state index contributed by atoms with van der Waals surface area (Å²) in [7, 11) is 0. The van der Waals surface area contributed by atoms with Crippen molar-refractivity contribution in [2.24, 2.45) is 0 Å². The molecule has 1 aromatic rings. The van der Waals surface area contributed by atoms with Crippen LogP contribution in [-0.2, 0) is 0 Å². The van der Waals surface area contributed by atoms with Crippen LogP contribution in [0.15, 0.2) is 15.9 Å². The molecule has 1 aliphatic rings. The smallest absolute Gasteiger partial charge is 0.0701 e. The Hall–Kier alpha value is 0.1000. The maximum atomic E-state index is 3.77. The molecule has 2 heterocycles. The molecular weight excluding hydrogens is 308 g/mol. The van der Waals surface area contributed by atoms with E-state index in [0.717, 1.165) is 0 Å². The average molecular weight is 331 g/mol. The van der Waals surface area contributed by atoms with Crippen molar-refractivity contribution in [2.45, 2.75) is 45.2 Å². The van der Waals surface area contributed by atoms with Crippen molar-refractivity contribution >= 4 is 27.3 Å². The quantitative estimate of drug-likeness (QED) is 0.876. The third-order valence-electron chi connectivity index (χ3n) is 3.63. The molecule has 1 aliphatic heterocycles. The van der Waals surface area contributed by atoms with E-state index in [1.807, 2.05) is 11.3 Å². The fourth-order valence-corrected chi connectivity index (χ4v) is 4.07. The van der Waals surface area contributed by atoms with Gasteiger partial charge in [0.25, 0.3) is 0 Å². The summed E-state index contributed by atoms with van der Waals surface area (Å²) in [4.78, 5) is 4.02. The van der Waals surface area contributed by atoms with Crippen molar-refractivity contribution < 1.29 is 0 Å². The van der Waals surface area contributed by atoms with E-state index in [9.17, 15) is 0 Å². The average Bonchev–Trinajstić information content (AvgIpc) is 2.79. The Morgan fingerprint density at radius 1 is 1.44 bits per heavy atom. The van der Waals surface area contributed by atoms with E-state index >= 15 is 0 Å². The summed E-state index contributed by atoms with van der Waals surface area (Å²) in [5.41, 5.74) is 0. The molecule has 18 heavy (non-hydrogen) atoms. The monoisotopic (exact) mass is 330 g/mol. The van der Waals surface area contributed by atoms with E-state index < -0.39 is 0 Å². The first kappa shape index (κ1) is 14.5. The van der Waals surface area contributed by atoms with Crippen LogP contribution in [0.5, 0.6) is 0 Å². The largest absolute Gasteiger partial charge is 0.307 e. The summed E-state index contributed by atoms with van der Waals surface area (Å²) in [6, 6.07) is 5.53. The number of thiophene rings is 1. The Bertz CT molecular complexity index is 358. The van der Waals surface area contributed by atoms with Gasteiger partial charge < -0.3 is 10.2 Å². The predicted octanol–water partition coefficient (Wildman–Crippen LogP) is 4.04. The first-order chi connectivity index (χ1) is 8.69. The van der Waals surface area contributed by atoms with Crippen molar-refractivity contribution in [3.05, 3.63) is 20.8 Å². The highest BCUT2D eigenvalue weighted by molar-refractivity contribution is 9.11. The van der Waals surface area contributed by atoms with Gasteiger partial charge in [-0.25, -0.2) is 0 Å². The Morgan fingerprint density at radius 3 is 2.72 bits per heavy atom. The van der Waals surface area contributed by atoms with Crippen LogP contribution in [0.25, 0.3) is 0 Å². The van der Waals surface area contributed by atoms with Crippen LogP contribution in [0.2, 0.25) is 0 Å². The van der Waals surface area contributed by atoms with Crippen LogP contribution in [0.1, 0.15) is 44.0 Å². The molecule has 4 heteroatoms. The van der Waals surface area contributed by atoms with Gasteiger partial charge in [0.1, 0.15) is 0 Å². The van der Waals surface area contributed by atoms with E-state index in [0.29, 0.717) is 12.1 Å². The van der Waals surface area contributed by atoms with Crippen molar-refractivity contribution in [3.8, 4) is 0 Å². The summed E-state index contributed by atoms with van der Waals surface area (Å²) < 4.78 is 1.23. The van der Waals surface area contributed by atoms with Gasteiger partial charge in [-0.05, 0) is 73.9 Å². The SMILES string of the molecule is CCCN1CCC(NC(C)c2ccc(Br)s2)CC1. The minimum absolute atomic E-state index is 0.476. The summed E-state index contributed by atoms with van der Waals surface area (Å²) >= 11 is 5.37. The molecule has 0 amide bonds. The molecule has 2 rings (SSSR count). The summed E-state index contributed by atoms with van der Waals surface area (Å²) in [6.07, 6.45) is 3.85. The van der Waals surface area contributed by atoms with Gasteiger partial charge in [0.05, 0.1) is 3.79 Å². The van der Waals surface area contributed by atoms with Gasteiger partial charge in [-0.1, -0.05) is 6.92 Å². The highest BCUT2D eigenvalue weighted by Crippen LogP contribution is 2.28. The van der Waals surface area contributed by atoms with E-state index in [1.165, 1.54) is 47.6 Å². The standard InChI is InChI=1S/C14H23BrN2S/c1-3-8-17-9-6-12(7-10-17)16-11(2)13-4-5-14(15)18-13/h4-5,11-12,16H,3,6-10H2,1-2H3. The lowest BCUT2D eigenvalue weighted by molar-refractivity contribution is 0.193. The van der Waals surface area contributed by atoms with Gasteiger partial charge in [-0.3, -0.25) is 0 Å². The molecule has 0 aliphatic carbocycles. The molecule has 2 nitrogen and oxygen atoms in total. The Morgan fingerprint density at radius 2 is 2.17 bits per heavy atom. The number of piperidine rings is 1. The third kappa shape index (κ3) is 4.05. The second kappa shape index (κ2) is 7.04. The Balaban J connectivity index is 1.77. The number of hydrogen-bond donors (Lipinski definition) is 1. The molecule has 1 aromatic heterocycles. The first-order valence-electron chi connectivity index (χ1n) is 6.92. The Labute approximate surface area is 123 Å². The zero-order chi connectivity index (χ0) is 13.0. The lowest BCUT2D eigenvalue weighted by atomic mass is 10.0. The number of rotatable bonds is 5. The highest BCUT2D eigenvalue weighted by atomic mass is 79.9. The zero-order valence-electron chi connectivity index (χ0n) is 11.3. The van der Waals surface area contributed by atoms with Gasteiger partial charge >= 0.3 is 0 Å². The summed E-state index contributed by atoms with van der Waals surface area (Å²) in [5.74, 6) is 0. The molecule has 102 valence electrons. The van der Waals surface area contributed by atoms with Gasteiger partial charge in [-0.2, -0.15) is 0 Å². The van der Waals surface area contributed by atoms with Gasteiger partial charge in [-0.15, -0.1) is 11.3 Å². The van der Waals surface area contributed by atoms with Crippen LogP contribution >= 0.6 is 27.3 Å². The second-order valence-corrected chi connectivity index (χ2v) is 7.64. The van der Waals surface area contributed by atoms with Crippen molar-refractivity contribution in [1.82, 2.24) is 10.2 Å². The van der Waals surface area contributed by atoms with Crippen LogP contribution in [-0.4, -0.2) is 30.6 Å². The number of nitrogens with one attached hydrogen (secondary N) is 1. The molecule has 0 bridgehead atoms. The summed E-state index contributed by atoms with van der Waals surface area (Å²) in [5, 5.41) is 3.77. The van der Waals surface area contributed by atoms with E-state index in [4.69, 9.17) is 0 Å². The van der Waals surface area contributed by atoms with Crippen LogP contribution in [0.3, 0.4) is 0 Å². The van der Waals surface area contributed by atoms with Crippen molar-refractivity contribution in [2.75, 3.05) is 19.6 Å². The molecule has 1 fully saturated rings. The molecule has 1 atom stereocenters. The molecule has 0 radical (unpaired) electrons. The maximum Gasteiger partial charge on any atom is 0.0701 e. The maximum absolute atomic E-state index is 3.77. The molecule has 1 saturated heterocycles. The fourth-order valence-electron chi connectivity index (χ4n) is 2.64. The Kier molecular flexibility index (Phi) is 5.67. The molecule has 0 spiro atoms. The number of nitrogens with zero attached hydrogens (tertiary/aromatic N) is 1. The van der Waals surface area contributed by atoms with Crippen molar-refractivity contribution in [1.29, 1.82) is 0 Å². The molecule has 1 unspecified atom stereocenters. The summed E-state index contributed by atoms with van der Waals surface area (Å²) in [6.45, 7) is 8.32. The zero-order valence-corrected chi connectivity index (χ0v) is 13.7. The number of likely N-dealkylation sites (tertiary alicyclic amines) is 1. The second-order valence-electron chi connectivity index (χ2n) is 5.15. The molecule has 1 N–H and O–H groups in total. The van der Waals surface area contributed by atoms with E-state index in [-0.39, 0.29) is 0 Å². The van der Waals surface area contributed by atoms with Crippen LogP contribution < -0.4 is 5.32 Å². The normalized spacial score (nSPS) is 20.2. The molecule has 0 aromatic carbocycles. The first-order valence-corrected chi connectivity index (χ1v) is 8.53.